The second kappa shape index (κ2) is 8.12. The van der Waals surface area contributed by atoms with Crippen LogP contribution < -0.4 is 5.32 Å². The fourth-order valence-corrected chi connectivity index (χ4v) is 2.01. The fraction of sp³-hybridized carbons (Fsp3) is 1.00. The minimum absolute atomic E-state index is 0.768. The third-order valence-electron chi connectivity index (χ3n) is 3.16. The fourth-order valence-electron chi connectivity index (χ4n) is 2.01. The summed E-state index contributed by atoms with van der Waals surface area (Å²) in [5.41, 5.74) is 0. The highest BCUT2D eigenvalue weighted by atomic mass is 16.5. The Morgan fingerprint density at radius 1 is 1.27 bits per heavy atom. The standard InChI is InChI=1S/C13H27NO/c1-12(2)6-9-15-10-7-13-5-3-4-8-14-11-13/h12-14H,3-11H2,1-2H3. The van der Waals surface area contributed by atoms with Crippen molar-refractivity contribution in [1.82, 2.24) is 5.32 Å². The summed E-state index contributed by atoms with van der Waals surface area (Å²) in [6, 6.07) is 0. The number of rotatable bonds is 6. The summed E-state index contributed by atoms with van der Waals surface area (Å²) in [5.74, 6) is 1.62. The molecular weight excluding hydrogens is 186 g/mol. The summed E-state index contributed by atoms with van der Waals surface area (Å²) >= 11 is 0. The van der Waals surface area contributed by atoms with Crippen LogP contribution in [0, 0.1) is 11.8 Å². The smallest absolute Gasteiger partial charge is 0.0469 e. The van der Waals surface area contributed by atoms with E-state index < -0.39 is 0 Å². The van der Waals surface area contributed by atoms with Gasteiger partial charge in [0.15, 0.2) is 0 Å². The first kappa shape index (κ1) is 13.0. The van der Waals surface area contributed by atoms with Gasteiger partial charge in [-0.1, -0.05) is 20.3 Å². The Bertz CT molecular complexity index is 139. The van der Waals surface area contributed by atoms with Gasteiger partial charge in [0, 0.05) is 13.2 Å². The number of hydrogen-bond donors (Lipinski definition) is 1. The van der Waals surface area contributed by atoms with Crippen LogP contribution in [0.2, 0.25) is 0 Å². The molecule has 1 saturated heterocycles. The molecule has 0 spiro atoms. The molecule has 0 amide bonds. The highest BCUT2D eigenvalue weighted by molar-refractivity contribution is 4.67. The summed E-state index contributed by atoms with van der Waals surface area (Å²) in [6.45, 7) is 8.81. The van der Waals surface area contributed by atoms with Crippen LogP contribution in [0.25, 0.3) is 0 Å². The zero-order valence-electron chi connectivity index (χ0n) is 10.4. The molecule has 0 aromatic heterocycles. The maximum Gasteiger partial charge on any atom is 0.0469 e. The lowest BCUT2D eigenvalue weighted by atomic mass is 10.0. The predicted molar refractivity (Wildman–Crippen MR) is 65.1 cm³/mol. The van der Waals surface area contributed by atoms with E-state index in [1.54, 1.807) is 0 Å². The van der Waals surface area contributed by atoms with Crippen LogP contribution in [-0.2, 0) is 4.74 Å². The molecule has 1 heterocycles. The first-order chi connectivity index (χ1) is 7.29. The quantitative estimate of drug-likeness (QED) is 0.685. The van der Waals surface area contributed by atoms with E-state index in [4.69, 9.17) is 4.74 Å². The molecule has 1 fully saturated rings. The lowest BCUT2D eigenvalue weighted by molar-refractivity contribution is 0.110. The summed E-state index contributed by atoms with van der Waals surface area (Å²) < 4.78 is 5.66. The van der Waals surface area contributed by atoms with Crippen LogP contribution in [0.1, 0.15) is 46.0 Å². The van der Waals surface area contributed by atoms with Gasteiger partial charge in [0.2, 0.25) is 0 Å². The van der Waals surface area contributed by atoms with Gasteiger partial charge >= 0.3 is 0 Å². The molecule has 0 bridgehead atoms. The van der Waals surface area contributed by atoms with Gasteiger partial charge in [0.1, 0.15) is 0 Å². The molecule has 0 aromatic rings. The normalized spacial score (nSPS) is 23.0. The third-order valence-corrected chi connectivity index (χ3v) is 3.16. The van der Waals surface area contributed by atoms with Gasteiger partial charge in [-0.15, -0.1) is 0 Å². The number of ether oxygens (including phenoxy) is 1. The molecule has 0 aromatic carbocycles. The number of hydrogen-bond acceptors (Lipinski definition) is 2. The second-order valence-electron chi connectivity index (χ2n) is 5.15. The molecule has 1 aliphatic heterocycles. The van der Waals surface area contributed by atoms with Crippen molar-refractivity contribution in [2.45, 2.75) is 46.0 Å². The van der Waals surface area contributed by atoms with Gasteiger partial charge in [0.25, 0.3) is 0 Å². The van der Waals surface area contributed by atoms with Crippen molar-refractivity contribution >= 4 is 0 Å². The van der Waals surface area contributed by atoms with Crippen LogP contribution in [0.15, 0.2) is 0 Å². The molecule has 0 saturated carbocycles. The van der Waals surface area contributed by atoms with Gasteiger partial charge in [-0.3, -0.25) is 0 Å². The Labute approximate surface area is 94.8 Å². The molecule has 90 valence electrons. The van der Waals surface area contributed by atoms with Crippen molar-refractivity contribution in [3.8, 4) is 0 Å². The van der Waals surface area contributed by atoms with Crippen molar-refractivity contribution in [1.29, 1.82) is 0 Å². The number of nitrogens with one attached hydrogen (secondary N) is 1. The Morgan fingerprint density at radius 3 is 2.93 bits per heavy atom. The van der Waals surface area contributed by atoms with Crippen molar-refractivity contribution in [2.75, 3.05) is 26.3 Å². The van der Waals surface area contributed by atoms with E-state index in [1.807, 2.05) is 0 Å². The van der Waals surface area contributed by atoms with Crippen LogP contribution in [0.5, 0.6) is 0 Å². The minimum atomic E-state index is 0.768. The van der Waals surface area contributed by atoms with Crippen molar-refractivity contribution < 1.29 is 4.74 Å². The minimum Gasteiger partial charge on any atom is -0.381 e. The van der Waals surface area contributed by atoms with Crippen LogP contribution in [-0.4, -0.2) is 26.3 Å². The summed E-state index contributed by atoms with van der Waals surface area (Å²) in [7, 11) is 0. The zero-order chi connectivity index (χ0) is 10.9. The molecule has 0 radical (unpaired) electrons. The third kappa shape index (κ3) is 6.91. The van der Waals surface area contributed by atoms with E-state index >= 15 is 0 Å². The largest absolute Gasteiger partial charge is 0.381 e. The molecular formula is C13H27NO. The summed E-state index contributed by atoms with van der Waals surface area (Å²) in [5, 5.41) is 3.50. The van der Waals surface area contributed by atoms with Crippen molar-refractivity contribution in [3.63, 3.8) is 0 Å². The van der Waals surface area contributed by atoms with Gasteiger partial charge in [-0.2, -0.15) is 0 Å². The van der Waals surface area contributed by atoms with Crippen LogP contribution in [0.4, 0.5) is 0 Å². The van der Waals surface area contributed by atoms with E-state index in [1.165, 1.54) is 45.2 Å². The Hall–Kier alpha value is -0.0800. The topological polar surface area (TPSA) is 21.3 Å². The van der Waals surface area contributed by atoms with Crippen molar-refractivity contribution in [2.24, 2.45) is 11.8 Å². The summed E-state index contributed by atoms with van der Waals surface area (Å²) in [6.07, 6.45) is 6.57. The van der Waals surface area contributed by atoms with Gasteiger partial charge in [-0.25, -0.2) is 0 Å². The highest BCUT2D eigenvalue weighted by Gasteiger charge is 2.11. The Morgan fingerprint density at radius 2 is 2.13 bits per heavy atom. The van der Waals surface area contributed by atoms with Gasteiger partial charge in [-0.05, 0) is 50.6 Å². The first-order valence-electron chi connectivity index (χ1n) is 6.57. The Balaban J connectivity index is 1.94. The zero-order valence-corrected chi connectivity index (χ0v) is 10.4. The maximum atomic E-state index is 5.66. The van der Waals surface area contributed by atoms with Crippen LogP contribution >= 0.6 is 0 Å². The molecule has 1 unspecified atom stereocenters. The first-order valence-corrected chi connectivity index (χ1v) is 6.57. The van der Waals surface area contributed by atoms with E-state index in [0.29, 0.717) is 0 Å². The maximum absolute atomic E-state index is 5.66. The van der Waals surface area contributed by atoms with E-state index in [-0.39, 0.29) is 0 Å². The SMILES string of the molecule is CC(C)CCOCCC1CCCCNC1. The Kier molecular flexibility index (Phi) is 7.03. The monoisotopic (exact) mass is 213 g/mol. The van der Waals surface area contributed by atoms with Crippen molar-refractivity contribution in [3.05, 3.63) is 0 Å². The van der Waals surface area contributed by atoms with Gasteiger partial charge in [0.05, 0.1) is 0 Å². The van der Waals surface area contributed by atoms with Gasteiger partial charge < -0.3 is 10.1 Å². The lowest BCUT2D eigenvalue weighted by Crippen LogP contribution is -2.21. The molecule has 1 rings (SSSR count). The average molecular weight is 213 g/mol. The molecule has 1 atom stereocenters. The highest BCUT2D eigenvalue weighted by Crippen LogP contribution is 2.14. The summed E-state index contributed by atoms with van der Waals surface area (Å²) in [4.78, 5) is 0. The lowest BCUT2D eigenvalue weighted by Gasteiger charge is -2.14. The van der Waals surface area contributed by atoms with E-state index in [2.05, 4.69) is 19.2 Å². The average Bonchev–Trinajstić information content (AvgIpc) is 2.45. The molecule has 1 aliphatic rings. The van der Waals surface area contributed by atoms with E-state index in [9.17, 15) is 0 Å². The molecule has 0 aliphatic carbocycles. The molecule has 2 nitrogen and oxygen atoms in total. The van der Waals surface area contributed by atoms with Crippen LogP contribution in [0.3, 0.4) is 0 Å². The van der Waals surface area contributed by atoms with E-state index in [0.717, 1.165) is 25.0 Å². The second-order valence-corrected chi connectivity index (χ2v) is 5.15. The molecule has 1 N–H and O–H groups in total. The molecule has 2 heteroatoms. The predicted octanol–water partition coefficient (Wildman–Crippen LogP) is 2.83. The molecule has 15 heavy (non-hydrogen) atoms.